The van der Waals surface area contributed by atoms with E-state index in [2.05, 4.69) is 25.9 Å². The van der Waals surface area contributed by atoms with Crippen molar-refractivity contribution in [1.29, 1.82) is 0 Å². The maximum absolute atomic E-state index is 13.5. The molecule has 2 aromatic carbocycles. The van der Waals surface area contributed by atoms with E-state index in [1.54, 1.807) is 34.8 Å². The first-order chi connectivity index (χ1) is 16.6. The molecule has 1 aromatic heterocycles. The number of hydrogen-bond acceptors (Lipinski definition) is 4. The number of benzene rings is 2. The van der Waals surface area contributed by atoms with Gasteiger partial charge >= 0.3 is 0 Å². The maximum Gasteiger partial charge on any atom is 0.243 e. The zero-order valence-electron chi connectivity index (χ0n) is 20.4. The average molecular weight is 498 g/mol. The molecule has 0 radical (unpaired) electrons. The number of fused-ring (bicyclic) bond motifs is 2. The molecular formula is C27H32FN3O3S. The Balaban J connectivity index is 1.41. The van der Waals surface area contributed by atoms with Crippen molar-refractivity contribution in [1.82, 2.24) is 14.1 Å². The molecule has 186 valence electrons. The van der Waals surface area contributed by atoms with Gasteiger partial charge in [0, 0.05) is 24.7 Å². The predicted octanol–water partition coefficient (Wildman–Crippen LogP) is 4.27. The third-order valence-electron chi connectivity index (χ3n) is 7.67. The van der Waals surface area contributed by atoms with Crippen LogP contribution in [0.25, 0.3) is 5.69 Å². The normalized spacial score (nSPS) is 23.1. The Hall–Kier alpha value is -2.55. The first kappa shape index (κ1) is 24.2. The third-order valence-corrected chi connectivity index (χ3v) is 9.55. The number of rotatable bonds is 4. The number of aliphatic hydroxyl groups excluding tert-OH is 1. The van der Waals surface area contributed by atoms with Crippen LogP contribution in [0.3, 0.4) is 0 Å². The first-order valence-electron chi connectivity index (χ1n) is 12.1. The Morgan fingerprint density at radius 2 is 1.77 bits per heavy atom. The van der Waals surface area contributed by atoms with Crippen molar-refractivity contribution >= 4 is 10.0 Å². The molecule has 1 aliphatic heterocycles. The summed E-state index contributed by atoms with van der Waals surface area (Å²) >= 11 is 0. The van der Waals surface area contributed by atoms with Crippen LogP contribution in [-0.4, -0.2) is 47.3 Å². The van der Waals surface area contributed by atoms with E-state index in [9.17, 15) is 17.9 Å². The molecule has 1 N–H and O–H groups in total. The first-order valence-corrected chi connectivity index (χ1v) is 13.6. The number of sulfonamides is 1. The molecule has 35 heavy (non-hydrogen) atoms. The molecule has 8 heteroatoms. The number of halogens is 1. The molecule has 6 nitrogen and oxygen atoms in total. The van der Waals surface area contributed by atoms with Crippen molar-refractivity contribution < 1.29 is 17.9 Å². The zero-order valence-corrected chi connectivity index (χ0v) is 21.2. The van der Waals surface area contributed by atoms with Crippen molar-refractivity contribution in [3.8, 4) is 5.69 Å². The predicted molar refractivity (Wildman–Crippen MR) is 133 cm³/mol. The lowest BCUT2D eigenvalue weighted by Gasteiger charge is -2.44. The summed E-state index contributed by atoms with van der Waals surface area (Å²) in [7, 11) is -3.63. The summed E-state index contributed by atoms with van der Waals surface area (Å²) in [4.78, 5) is 0.310. The van der Waals surface area contributed by atoms with Crippen LogP contribution < -0.4 is 0 Å². The lowest BCUT2D eigenvalue weighted by Crippen LogP contribution is -2.48. The molecule has 0 spiro atoms. The minimum Gasteiger partial charge on any atom is -0.396 e. The highest BCUT2D eigenvalue weighted by atomic mass is 32.2. The Kier molecular flexibility index (Phi) is 6.10. The monoisotopic (exact) mass is 497 g/mol. The minimum atomic E-state index is -3.63. The van der Waals surface area contributed by atoms with Crippen LogP contribution in [0.1, 0.15) is 49.9 Å². The second-order valence-electron chi connectivity index (χ2n) is 10.8. The van der Waals surface area contributed by atoms with E-state index in [0.717, 1.165) is 28.9 Å². The van der Waals surface area contributed by atoms with E-state index < -0.39 is 10.0 Å². The molecule has 1 fully saturated rings. The highest BCUT2D eigenvalue weighted by Crippen LogP contribution is 2.45. The summed E-state index contributed by atoms with van der Waals surface area (Å²) in [6.45, 7) is 7.06. The van der Waals surface area contributed by atoms with Crippen LogP contribution in [0, 0.1) is 17.7 Å². The van der Waals surface area contributed by atoms with Gasteiger partial charge in [-0.15, -0.1) is 0 Å². The van der Waals surface area contributed by atoms with Gasteiger partial charge in [-0.25, -0.2) is 17.5 Å². The van der Waals surface area contributed by atoms with E-state index >= 15 is 0 Å². The van der Waals surface area contributed by atoms with Crippen LogP contribution in [0.5, 0.6) is 0 Å². The van der Waals surface area contributed by atoms with Crippen LogP contribution in [0.2, 0.25) is 0 Å². The number of piperidine rings is 1. The molecule has 0 saturated carbocycles. The molecule has 2 heterocycles. The standard InChI is InChI=1S/C27H32FN3O3S/c1-27(2,3)19-4-10-22(11-5-19)35(33,34)30-13-12-18-14-26-23(25(17-32)24(18)16-30)15-29-31(26)21-8-6-20(28)7-9-21/h4-11,15,18,24-25,32H,12-14,16-17H2,1-3H3/t18-,24?,25+/m0/s1. The van der Waals surface area contributed by atoms with E-state index in [-0.39, 0.29) is 35.6 Å². The van der Waals surface area contributed by atoms with Crippen molar-refractivity contribution in [2.75, 3.05) is 19.7 Å². The number of aliphatic hydroxyl groups is 1. The van der Waals surface area contributed by atoms with E-state index in [1.807, 2.05) is 16.8 Å². The van der Waals surface area contributed by atoms with Gasteiger partial charge in [-0.3, -0.25) is 0 Å². The molecule has 3 aromatic rings. The summed E-state index contributed by atoms with van der Waals surface area (Å²) in [5, 5.41) is 14.9. The Bertz CT molecular complexity index is 1310. The lowest BCUT2D eigenvalue weighted by atomic mass is 9.68. The molecule has 1 saturated heterocycles. The summed E-state index contributed by atoms with van der Waals surface area (Å²) in [6, 6.07) is 13.4. The second-order valence-corrected chi connectivity index (χ2v) is 12.7. The van der Waals surface area contributed by atoms with Crippen molar-refractivity contribution in [2.24, 2.45) is 11.8 Å². The van der Waals surface area contributed by atoms with E-state index in [4.69, 9.17) is 0 Å². The van der Waals surface area contributed by atoms with Gasteiger partial charge in [-0.1, -0.05) is 32.9 Å². The van der Waals surface area contributed by atoms with Crippen LogP contribution >= 0.6 is 0 Å². The molecule has 1 unspecified atom stereocenters. The van der Waals surface area contributed by atoms with Crippen LogP contribution in [0.15, 0.2) is 59.6 Å². The van der Waals surface area contributed by atoms with Crippen molar-refractivity contribution in [2.45, 2.75) is 49.8 Å². The van der Waals surface area contributed by atoms with Crippen molar-refractivity contribution in [3.63, 3.8) is 0 Å². The summed E-state index contributed by atoms with van der Waals surface area (Å²) in [6.07, 6.45) is 3.24. The summed E-state index contributed by atoms with van der Waals surface area (Å²) < 4.78 is 43.8. The Labute approximate surface area is 206 Å². The van der Waals surface area contributed by atoms with Gasteiger partial charge < -0.3 is 5.11 Å². The van der Waals surface area contributed by atoms with Crippen molar-refractivity contribution in [3.05, 3.63) is 77.4 Å². The Morgan fingerprint density at radius 3 is 2.40 bits per heavy atom. The van der Waals surface area contributed by atoms with Gasteiger partial charge in [0.1, 0.15) is 5.82 Å². The van der Waals surface area contributed by atoms with Gasteiger partial charge in [0.15, 0.2) is 0 Å². The quantitative estimate of drug-likeness (QED) is 0.584. The lowest BCUT2D eigenvalue weighted by molar-refractivity contribution is 0.109. The molecule has 0 bridgehead atoms. The van der Waals surface area contributed by atoms with Gasteiger partial charge in [-0.2, -0.15) is 9.40 Å². The highest BCUT2D eigenvalue weighted by Gasteiger charge is 2.44. The van der Waals surface area contributed by atoms with Gasteiger partial charge in [0.05, 0.1) is 23.4 Å². The zero-order chi connectivity index (χ0) is 25.0. The fourth-order valence-corrected chi connectivity index (χ4v) is 7.11. The minimum absolute atomic E-state index is 0.00995. The topological polar surface area (TPSA) is 75.4 Å². The fraction of sp³-hybridized carbons (Fsp3) is 0.444. The highest BCUT2D eigenvalue weighted by molar-refractivity contribution is 7.89. The van der Waals surface area contributed by atoms with Gasteiger partial charge in [0.2, 0.25) is 10.0 Å². The fourth-order valence-electron chi connectivity index (χ4n) is 5.62. The largest absolute Gasteiger partial charge is 0.396 e. The number of nitrogens with zero attached hydrogens (tertiary/aromatic N) is 3. The molecule has 0 amide bonds. The maximum atomic E-state index is 13.5. The Morgan fingerprint density at radius 1 is 1.09 bits per heavy atom. The van der Waals surface area contributed by atoms with Gasteiger partial charge in [0.25, 0.3) is 0 Å². The van der Waals surface area contributed by atoms with Gasteiger partial charge in [-0.05, 0) is 77.6 Å². The summed E-state index contributed by atoms with van der Waals surface area (Å²) in [5.74, 6) is -0.245. The second kappa shape index (κ2) is 8.84. The van der Waals surface area contributed by atoms with Crippen LogP contribution in [0.4, 0.5) is 4.39 Å². The summed E-state index contributed by atoms with van der Waals surface area (Å²) in [5.41, 5.74) is 3.79. The number of aromatic nitrogens is 2. The van der Waals surface area contributed by atoms with E-state index in [1.165, 1.54) is 12.1 Å². The SMILES string of the molecule is CC(C)(C)c1ccc(S(=O)(=O)N2CC[C@H]3Cc4c(cnn4-c4ccc(F)cc4)[C@@H](CO)C3C2)cc1. The molecule has 3 atom stereocenters. The third kappa shape index (κ3) is 4.32. The number of hydrogen-bond donors (Lipinski definition) is 1. The molecule has 5 rings (SSSR count). The van der Waals surface area contributed by atoms with Crippen LogP contribution in [-0.2, 0) is 21.9 Å². The smallest absolute Gasteiger partial charge is 0.243 e. The van der Waals surface area contributed by atoms with E-state index in [0.29, 0.717) is 24.4 Å². The average Bonchev–Trinajstić information content (AvgIpc) is 3.25. The molecule has 1 aliphatic carbocycles. The molecular weight excluding hydrogens is 465 g/mol. The molecule has 2 aliphatic rings.